The van der Waals surface area contributed by atoms with Crippen LogP contribution in [-0.4, -0.2) is 14.5 Å². The van der Waals surface area contributed by atoms with E-state index in [0.29, 0.717) is 5.95 Å². The predicted molar refractivity (Wildman–Crippen MR) is 275 cm³/mol. The maximum absolute atomic E-state index is 6.50. The third-order valence-electron chi connectivity index (χ3n) is 13.6. The van der Waals surface area contributed by atoms with Gasteiger partial charge in [0, 0.05) is 32.5 Å². The lowest BCUT2D eigenvalue weighted by molar-refractivity contribution is 0.669. The average Bonchev–Trinajstić information content (AvgIpc) is 3.92. The highest BCUT2D eigenvalue weighted by Gasteiger charge is 2.23. The molecule has 0 atom stereocenters. The molecular formula is C62H37N3O. The molecule has 0 bridgehead atoms. The Labute approximate surface area is 379 Å². The van der Waals surface area contributed by atoms with Crippen molar-refractivity contribution in [2.24, 2.45) is 0 Å². The van der Waals surface area contributed by atoms with Crippen LogP contribution in [0.15, 0.2) is 229 Å². The maximum atomic E-state index is 6.50. The normalized spacial score (nSPS) is 11.9. The van der Waals surface area contributed by atoms with Gasteiger partial charge in [-0.3, -0.25) is 4.57 Å². The summed E-state index contributed by atoms with van der Waals surface area (Å²) in [4.78, 5) is 11.3. The monoisotopic (exact) mass is 839 g/mol. The van der Waals surface area contributed by atoms with Crippen LogP contribution in [0.1, 0.15) is 0 Å². The van der Waals surface area contributed by atoms with Gasteiger partial charge in [0.25, 0.3) is 0 Å². The number of aromatic nitrogens is 3. The van der Waals surface area contributed by atoms with Gasteiger partial charge in [-0.25, -0.2) is 9.97 Å². The highest BCUT2D eigenvalue weighted by atomic mass is 16.3. The van der Waals surface area contributed by atoms with Crippen molar-refractivity contribution in [3.63, 3.8) is 0 Å². The minimum atomic E-state index is 0.606. The van der Waals surface area contributed by atoms with Crippen LogP contribution >= 0.6 is 0 Å². The molecule has 0 radical (unpaired) electrons. The third kappa shape index (κ3) is 5.65. The summed E-state index contributed by atoms with van der Waals surface area (Å²) < 4.78 is 8.78. The summed E-state index contributed by atoms with van der Waals surface area (Å²) in [7, 11) is 0. The first-order valence-electron chi connectivity index (χ1n) is 22.5. The Morgan fingerprint density at radius 1 is 0.318 bits per heavy atom. The number of nitrogens with zero attached hydrogens (tertiary/aromatic N) is 3. The molecule has 0 unspecified atom stereocenters. The zero-order valence-electron chi connectivity index (χ0n) is 35.6. The number of furan rings is 1. The first kappa shape index (κ1) is 36.6. The number of hydrogen-bond donors (Lipinski definition) is 0. The minimum Gasteiger partial charge on any atom is -0.456 e. The van der Waals surface area contributed by atoms with Gasteiger partial charge >= 0.3 is 0 Å². The SMILES string of the molecule is c1ccc(-c2cc3nc(-n4c5ccc(-c6ccc7ccc8ccccc8c7c6)cc5c5cc6ccccc6cc54)nc(-c4cccc5oc6ccccc6c45)c3cc2-c2ccccc2)cc1. The molecule has 3 heterocycles. The molecule has 0 aliphatic rings. The number of hydrogen-bond acceptors (Lipinski definition) is 3. The van der Waals surface area contributed by atoms with E-state index < -0.39 is 0 Å². The fourth-order valence-corrected chi connectivity index (χ4v) is 10.4. The van der Waals surface area contributed by atoms with Gasteiger partial charge < -0.3 is 4.42 Å². The zero-order chi connectivity index (χ0) is 43.3. The summed E-state index contributed by atoms with van der Waals surface area (Å²) in [6, 6.07) is 80.5. The molecule has 0 N–H and O–H groups in total. The molecule has 0 fully saturated rings. The van der Waals surface area contributed by atoms with E-state index in [2.05, 4.69) is 217 Å². The van der Waals surface area contributed by atoms with Gasteiger partial charge in [-0.1, -0.05) is 170 Å². The fourth-order valence-electron chi connectivity index (χ4n) is 10.4. The Bertz CT molecular complexity index is 4280. The largest absolute Gasteiger partial charge is 0.456 e. The molecule has 14 aromatic rings. The smallest absolute Gasteiger partial charge is 0.235 e. The second-order valence-electron chi connectivity index (χ2n) is 17.3. The molecule has 306 valence electrons. The van der Waals surface area contributed by atoms with Crippen LogP contribution in [-0.2, 0) is 0 Å². The van der Waals surface area contributed by atoms with E-state index in [-0.39, 0.29) is 0 Å². The molecule has 0 saturated heterocycles. The van der Waals surface area contributed by atoms with E-state index >= 15 is 0 Å². The van der Waals surface area contributed by atoms with E-state index in [1.54, 1.807) is 0 Å². The highest BCUT2D eigenvalue weighted by molar-refractivity contribution is 6.17. The summed E-state index contributed by atoms with van der Waals surface area (Å²) in [5.74, 6) is 0.606. The van der Waals surface area contributed by atoms with Crippen LogP contribution < -0.4 is 0 Å². The molecular weight excluding hydrogens is 803 g/mol. The van der Waals surface area contributed by atoms with Gasteiger partial charge in [-0.2, -0.15) is 0 Å². The minimum absolute atomic E-state index is 0.606. The first-order chi connectivity index (χ1) is 32.7. The van der Waals surface area contributed by atoms with Gasteiger partial charge in [0.2, 0.25) is 5.95 Å². The van der Waals surface area contributed by atoms with E-state index in [9.17, 15) is 0 Å². The molecule has 4 nitrogen and oxygen atoms in total. The lowest BCUT2D eigenvalue weighted by Gasteiger charge is -2.17. The number of fused-ring (bicyclic) bond motifs is 11. The molecule has 11 aromatic carbocycles. The predicted octanol–water partition coefficient (Wildman–Crippen LogP) is 16.8. The average molecular weight is 840 g/mol. The zero-order valence-corrected chi connectivity index (χ0v) is 35.6. The molecule has 0 aliphatic carbocycles. The molecule has 4 heteroatoms. The van der Waals surface area contributed by atoms with Crippen molar-refractivity contribution in [3.05, 3.63) is 224 Å². The Morgan fingerprint density at radius 3 is 1.70 bits per heavy atom. The first-order valence-corrected chi connectivity index (χ1v) is 22.5. The van der Waals surface area contributed by atoms with Crippen LogP contribution in [0, 0.1) is 0 Å². The van der Waals surface area contributed by atoms with Gasteiger partial charge in [0.1, 0.15) is 11.2 Å². The summed E-state index contributed by atoms with van der Waals surface area (Å²) in [6.45, 7) is 0. The van der Waals surface area contributed by atoms with Crippen LogP contribution in [0.2, 0.25) is 0 Å². The molecule has 14 rings (SSSR count). The molecule has 0 amide bonds. The molecule has 0 spiro atoms. The molecule has 0 saturated carbocycles. The van der Waals surface area contributed by atoms with E-state index in [4.69, 9.17) is 14.4 Å². The second kappa shape index (κ2) is 14.3. The van der Waals surface area contributed by atoms with E-state index in [1.807, 2.05) is 12.1 Å². The van der Waals surface area contributed by atoms with Crippen LogP contribution in [0.5, 0.6) is 0 Å². The molecule has 3 aromatic heterocycles. The number of para-hydroxylation sites is 1. The summed E-state index contributed by atoms with van der Waals surface area (Å²) in [5, 5.41) is 12.7. The second-order valence-corrected chi connectivity index (χ2v) is 17.3. The van der Waals surface area contributed by atoms with Gasteiger partial charge in [-0.05, 0) is 120 Å². The van der Waals surface area contributed by atoms with Gasteiger partial charge in [-0.15, -0.1) is 0 Å². The standard InChI is InChI=1S/C62H37N3O/c1-3-14-38(15-4-1)50-36-54-55(37-51(50)39-16-5-2-6-17-39)63-62(64-61(54)48-23-13-25-59-60(48)47-22-11-12-24-58(47)66-59)65-56-31-30-45(34-52(56)53-33-42-19-7-8-20-43(42)35-57(53)65)44-29-28-41-27-26-40-18-9-10-21-46(40)49(41)32-44/h1-37H. The number of benzene rings is 11. The van der Waals surface area contributed by atoms with Crippen molar-refractivity contribution in [1.82, 2.24) is 14.5 Å². The summed E-state index contributed by atoms with van der Waals surface area (Å²) in [5.41, 5.74) is 13.3. The van der Waals surface area contributed by atoms with Crippen molar-refractivity contribution >= 4 is 87.0 Å². The lowest BCUT2D eigenvalue weighted by Crippen LogP contribution is -2.04. The van der Waals surface area contributed by atoms with Gasteiger partial charge in [0.15, 0.2) is 0 Å². The third-order valence-corrected chi connectivity index (χ3v) is 13.6. The summed E-state index contributed by atoms with van der Waals surface area (Å²) >= 11 is 0. The fraction of sp³-hybridized carbons (Fsp3) is 0. The maximum Gasteiger partial charge on any atom is 0.235 e. The van der Waals surface area contributed by atoms with Crippen LogP contribution in [0.4, 0.5) is 0 Å². The van der Waals surface area contributed by atoms with Crippen molar-refractivity contribution < 1.29 is 4.42 Å². The van der Waals surface area contributed by atoms with E-state index in [0.717, 1.165) is 99.1 Å². The highest BCUT2D eigenvalue weighted by Crippen LogP contribution is 2.44. The quantitative estimate of drug-likeness (QED) is 0.162. The van der Waals surface area contributed by atoms with Crippen molar-refractivity contribution in [1.29, 1.82) is 0 Å². The Hall–Kier alpha value is -8.86. The summed E-state index contributed by atoms with van der Waals surface area (Å²) in [6.07, 6.45) is 0. The van der Waals surface area contributed by atoms with Crippen molar-refractivity contribution in [2.45, 2.75) is 0 Å². The van der Waals surface area contributed by atoms with Crippen molar-refractivity contribution in [2.75, 3.05) is 0 Å². The molecule has 66 heavy (non-hydrogen) atoms. The topological polar surface area (TPSA) is 43.9 Å². The number of rotatable bonds is 5. The Balaban J connectivity index is 1.08. The Morgan fingerprint density at radius 2 is 0.909 bits per heavy atom. The van der Waals surface area contributed by atoms with Crippen LogP contribution in [0.25, 0.3) is 138 Å². The Kier molecular flexibility index (Phi) is 7.95. The van der Waals surface area contributed by atoms with Gasteiger partial charge in [0.05, 0.1) is 22.2 Å². The van der Waals surface area contributed by atoms with Crippen molar-refractivity contribution in [3.8, 4) is 50.6 Å². The lowest BCUT2D eigenvalue weighted by atomic mass is 9.91. The van der Waals surface area contributed by atoms with Crippen LogP contribution in [0.3, 0.4) is 0 Å². The molecule has 0 aliphatic heterocycles. The van der Waals surface area contributed by atoms with E-state index in [1.165, 1.54) is 32.5 Å².